The van der Waals surface area contributed by atoms with Gasteiger partial charge >= 0.3 is 0 Å². The number of nitrogens with zero attached hydrogens (tertiary/aromatic N) is 4. The summed E-state index contributed by atoms with van der Waals surface area (Å²) < 4.78 is 8.42. The molecule has 148 valence electrons. The van der Waals surface area contributed by atoms with Gasteiger partial charge in [0.1, 0.15) is 19.0 Å². The number of para-hydroxylation sites is 1. The van der Waals surface area contributed by atoms with Crippen molar-refractivity contribution in [2.24, 2.45) is 0 Å². The van der Waals surface area contributed by atoms with Crippen LogP contribution in [0.1, 0.15) is 11.4 Å². The Bertz CT molecular complexity index is 1220. The lowest BCUT2D eigenvalue weighted by molar-refractivity contribution is 0.0733. The summed E-state index contributed by atoms with van der Waals surface area (Å²) in [6.07, 6.45) is 0. The van der Waals surface area contributed by atoms with Crippen molar-refractivity contribution >= 4 is 22.5 Å². The molecular formula is C21H19ClN4O3. The van der Waals surface area contributed by atoms with E-state index in [1.165, 1.54) is 4.73 Å². The monoisotopic (exact) mass is 410 g/mol. The van der Waals surface area contributed by atoms with Crippen LogP contribution in [0.5, 0.6) is 5.75 Å². The summed E-state index contributed by atoms with van der Waals surface area (Å²) in [7, 11) is 0. The number of ether oxygens (including phenoxy) is 1. The second-order valence-electron chi connectivity index (χ2n) is 6.50. The van der Waals surface area contributed by atoms with Gasteiger partial charge in [-0.15, -0.1) is 4.73 Å². The van der Waals surface area contributed by atoms with Gasteiger partial charge in [-0.05, 0) is 56.3 Å². The van der Waals surface area contributed by atoms with Crippen molar-refractivity contribution in [3.8, 4) is 11.7 Å². The van der Waals surface area contributed by atoms with Crippen LogP contribution in [-0.4, -0.2) is 32.7 Å². The van der Waals surface area contributed by atoms with Crippen molar-refractivity contribution in [2.45, 2.75) is 13.8 Å². The highest BCUT2D eigenvalue weighted by Gasteiger charge is 2.16. The fourth-order valence-corrected chi connectivity index (χ4v) is 3.13. The molecule has 2 heterocycles. The van der Waals surface area contributed by atoms with Crippen molar-refractivity contribution in [2.75, 3.05) is 13.2 Å². The highest BCUT2D eigenvalue weighted by molar-refractivity contribution is 6.30. The fourth-order valence-electron chi connectivity index (χ4n) is 3.01. The molecule has 0 aliphatic heterocycles. The lowest BCUT2D eigenvalue weighted by atomic mass is 10.2. The molecule has 0 aliphatic rings. The lowest BCUT2D eigenvalue weighted by Crippen LogP contribution is -2.34. The maximum absolute atomic E-state index is 13.0. The van der Waals surface area contributed by atoms with Crippen molar-refractivity contribution in [3.63, 3.8) is 0 Å². The molecule has 2 aromatic heterocycles. The van der Waals surface area contributed by atoms with Crippen molar-refractivity contribution in [1.82, 2.24) is 19.5 Å². The summed E-state index contributed by atoms with van der Waals surface area (Å²) in [4.78, 5) is 23.4. The third-order valence-electron chi connectivity index (χ3n) is 4.31. The molecule has 0 aliphatic carbocycles. The van der Waals surface area contributed by atoms with Gasteiger partial charge in [0.05, 0.1) is 16.6 Å². The smallest absolute Gasteiger partial charge is 0.296 e. The van der Waals surface area contributed by atoms with Gasteiger partial charge in [-0.25, -0.2) is 9.67 Å². The molecule has 4 rings (SSSR count). The molecule has 0 radical (unpaired) electrons. The van der Waals surface area contributed by atoms with Crippen LogP contribution in [0, 0.1) is 13.8 Å². The molecule has 0 saturated carbocycles. The molecule has 0 unspecified atom stereocenters. The van der Waals surface area contributed by atoms with Crippen LogP contribution in [0.25, 0.3) is 16.9 Å². The molecule has 0 spiro atoms. The maximum atomic E-state index is 13.0. The molecule has 0 fully saturated rings. The molecule has 0 bridgehead atoms. The Balaban J connectivity index is 1.64. The molecule has 0 saturated heterocycles. The number of rotatable bonds is 6. The Morgan fingerprint density at radius 1 is 1.03 bits per heavy atom. The summed E-state index contributed by atoms with van der Waals surface area (Å²) in [5.74, 6) is 0.964. The van der Waals surface area contributed by atoms with Gasteiger partial charge in [-0.3, -0.25) is 4.79 Å². The van der Waals surface area contributed by atoms with Crippen molar-refractivity contribution in [3.05, 3.63) is 81.4 Å². The second-order valence-corrected chi connectivity index (χ2v) is 6.94. The summed E-state index contributed by atoms with van der Waals surface area (Å²) in [6, 6.07) is 16.1. The normalized spacial score (nSPS) is 11.0. The van der Waals surface area contributed by atoms with Crippen LogP contribution >= 0.6 is 11.6 Å². The summed E-state index contributed by atoms with van der Waals surface area (Å²) in [5, 5.41) is 5.55. The first-order valence-electron chi connectivity index (χ1n) is 9.10. The Labute approximate surface area is 172 Å². The SMILES string of the molecule is Cc1cc(C)n(-c2nc3ccccc3c(=O)n2OCCOc2ccc(Cl)cc2)n1. The van der Waals surface area contributed by atoms with Gasteiger partial charge in [-0.1, -0.05) is 23.7 Å². The van der Waals surface area contributed by atoms with Crippen LogP contribution in [0.4, 0.5) is 0 Å². The third kappa shape index (κ3) is 3.95. The first-order chi connectivity index (χ1) is 14.0. The number of aromatic nitrogens is 4. The molecule has 0 atom stereocenters. The zero-order chi connectivity index (χ0) is 20.4. The average molecular weight is 411 g/mol. The van der Waals surface area contributed by atoms with E-state index in [4.69, 9.17) is 21.2 Å². The quantitative estimate of drug-likeness (QED) is 0.456. The number of aryl methyl sites for hydroxylation is 2. The molecule has 0 amide bonds. The largest absolute Gasteiger partial charge is 0.490 e. The average Bonchev–Trinajstić information content (AvgIpc) is 3.05. The molecule has 4 aromatic rings. The molecule has 0 N–H and O–H groups in total. The predicted octanol–water partition coefficient (Wildman–Crippen LogP) is 3.36. The molecule has 2 aromatic carbocycles. The minimum absolute atomic E-state index is 0.148. The van der Waals surface area contributed by atoms with Crippen LogP contribution < -0.4 is 15.1 Å². The first kappa shape index (κ1) is 19.0. The molecule has 29 heavy (non-hydrogen) atoms. The van der Waals surface area contributed by atoms with E-state index < -0.39 is 0 Å². The highest BCUT2D eigenvalue weighted by Crippen LogP contribution is 2.15. The lowest BCUT2D eigenvalue weighted by Gasteiger charge is -2.15. The number of hydrogen-bond acceptors (Lipinski definition) is 5. The zero-order valence-corrected chi connectivity index (χ0v) is 16.8. The number of fused-ring (bicyclic) bond motifs is 1. The first-order valence-corrected chi connectivity index (χ1v) is 9.48. The van der Waals surface area contributed by atoms with E-state index in [0.29, 0.717) is 27.6 Å². The minimum atomic E-state index is -0.301. The molecule has 7 nitrogen and oxygen atoms in total. The van der Waals surface area contributed by atoms with Gasteiger partial charge in [0.25, 0.3) is 11.5 Å². The summed E-state index contributed by atoms with van der Waals surface area (Å²) in [6.45, 7) is 4.18. The van der Waals surface area contributed by atoms with Crippen LogP contribution in [0.15, 0.2) is 59.4 Å². The molecular weight excluding hydrogens is 392 g/mol. The van der Waals surface area contributed by atoms with Gasteiger partial charge in [0, 0.05) is 10.7 Å². The van der Waals surface area contributed by atoms with E-state index in [1.807, 2.05) is 26.0 Å². The van der Waals surface area contributed by atoms with Gasteiger partial charge in [0.2, 0.25) is 0 Å². The topological polar surface area (TPSA) is 71.2 Å². The Hall–Kier alpha value is -3.32. The second kappa shape index (κ2) is 7.97. The Morgan fingerprint density at radius 2 is 1.79 bits per heavy atom. The van der Waals surface area contributed by atoms with Crippen LogP contribution in [-0.2, 0) is 0 Å². The molecule has 8 heteroatoms. The fraction of sp³-hybridized carbons (Fsp3) is 0.190. The van der Waals surface area contributed by atoms with Gasteiger partial charge < -0.3 is 9.57 Å². The van der Waals surface area contributed by atoms with Crippen LogP contribution in [0.3, 0.4) is 0 Å². The third-order valence-corrected chi connectivity index (χ3v) is 4.56. The van der Waals surface area contributed by atoms with E-state index in [2.05, 4.69) is 10.1 Å². The van der Waals surface area contributed by atoms with E-state index in [9.17, 15) is 4.79 Å². The Kier molecular flexibility index (Phi) is 5.22. The minimum Gasteiger partial charge on any atom is -0.490 e. The van der Waals surface area contributed by atoms with Gasteiger partial charge in [-0.2, -0.15) is 5.10 Å². The summed E-state index contributed by atoms with van der Waals surface area (Å²) >= 11 is 5.87. The standard InChI is InChI=1S/C21H19ClN4O3/c1-14-13-15(2)25(24-14)21-23-19-6-4-3-5-18(19)20(27)26(21)29-12-11-28-17-9-7-16(22)8-10-17/h3-10,13H,11-12H2,1-2H3. The number of benzene rings is 2. The summed E-state index contributed by atoms with van der Waals surface area (Å²) in [5.41, 5.74) is 1.95. The van der Waals surface area contributed by atoms with Crippen molar-refractivity contribution in [1.29, 1.82) is 0 Å². The Morgan fingerprint density at radius 3 is 2.52 bits per heavy atom. The van der Waals surface area contributed by atoms with E-state index in [1.54, 1.807) is 47.1 Å². The highest BCUT2D eigenvalue weighted by atomic mass is 35.5. The van der Waals surface area contributed by atoms with E-state index in [0.717, 1.165) is 11.4 Å². The number of hydrogen-bond donors (Lipinski definition) is 0. The van der Waals surface area contributed by atoms with Gasteiger partial charge in [0.15, 0.2) is 0 Å². The van der Waals surface area contributed by atoms with E-state index in [-0.39, 0.29) is 18.8 Å². The van der Waals surface area contributed by atoms with Crippen molar-refractivity contribution < 1.29 is 9.57 Å². The number of halogens is 1. The van der Waals surface area contributed by atoms with Crippen LogP contribution in [0.2, 0.25) is 5.02 Å². The zero-order valence-electron chi connectivity index (χ0n) is 16.0. The predicted molar refractivity (Wildman–Crippen MR) is 111 cm³/mol. The van der Waals surface area contributed by atoms with E-state index >= 15 is 0 Å². The maximum Gasteiger partial charge on any atom is 0.296 e.